The molecule has 0 saturated carbocycles. The highest BCUT2D eigenvalue weighted by molar-refractivity contribution is 7.04. The number of hydrogen-bond donors (Lipinski definition) is 1. The predicted octanol–water partition coefficient (Wildman–Crippen LogP) is 4.41. The molecule has 2 nitrogen and oxygen atoms in total. The Labute approximate surface area is 107 Å². The predicted molar refractivity (Wildman–Crippen MR) is 74.7 cm³/mol. The van der Waals surface area contributed by atoms with Gasteiger partial charge in [-0.25, -0.2) is 0 Å². The van der Waals surface area contributed by atoms with Crippen molar-refractivity contribution >= 4 is 11.5 Å². The summed E-state index contributed by atoms with van der Waals surface area (Å²) < 4.78 is 4.30. The number of hydrogen-bond acceptors (Lipinski definition) is 3. The van der Waals surface area contributed by atoms with E-state index in [-0.39, 0.29) is 0 Å². The number of phenols is 1. The summed E-state index contributed by atoms with van der Waals surface area (Å²) in [6.45, 7) is 8.11. The lowest BCUT2D eigenvalue weighted by Crippen LogP contribution is -1.85. The van der Waals surface area contributed by atoms with Gasteiger partial charge in [-0.3, -0.25) is 0 Å². The highest BCUT2D eigenvalue weighted by atomic mass is 32.1. The topological polar surface area (TPSA) is 33.1 Å². The summed E-state index contributed by atoms with van der Waals surface area (Å²) in [5.74, 6) is 0.307. The van der Waals surface area contributed by atoms with Crippen LogP contribution in [0, 0.1) is 6.92 Å². The quantitative estimate of drug-likeness (QED) is 0.855. The van der Waals surface area contributed by atoms with E-state index in [1.165, 1.54) is 17.1 Å². The van der Waals surface area contributed by atoms with Crippen molar-refractivity contribution < 1.29 is 5.11 Å². The number of rotatable bonds is 2. The first-order chi connectivity index (χ1) is 8.22. The molecule has 0 unspecified atom stereocenters. The summed E-state index contributed by atoms with van der Waals surface area (Å²) in [6.07, 6.45) is 0.969. The van der Waals surface area contributed by atoms with E-state index in [1.54, 1.807) is 6.07 Å². The van der Waals surface area contributed by atoms with Crippen LogP contribution in [0.4, 0.5) is 0 Å². The normalized spacial score (nSPS) is 9.65. The third-order valence-corrected chi connectivity index (χ3v) is 3.22. The van der Waals surface area contributed by atoms with Crippen molar-refractivity contribution in [1.29, 1.82) is 0 Å². The Morgan fingerprint density at radius 1 is 1.29 bits per heavy atom. The van der Waals surface area contributed by atoms with E-state index >= 15 is 0 Å². The fourth-order valence-corrected chi connectivity index (χ4v) is 2.21. The maximum absolute atomic E-state index is 9.79. The number of benzene rings is 1. The van der Waals surface area contributed by atoms with Crippen molar-refractivity contribution in [3.05, 3.63) is 34.7 Å². The van der Waals surface area contributed by atoms with E-state index in [0.717, 1.165) is 23.2 Å². The lowest BCUT2D eigenvalue weighted by molar-refractivity contribution is 0.477. The van der Waals surface area contributed by atoms with Crippen molar-refractivity contribution in [3.8, 4) is 17.0 Å². The monoisotopic (exact) mass is 249 g/mol. The van der Waals surface area contributed by atoms with Crippen LogP contribution < -0.4 is 0 Å². The lowest BCUT2D eigenvalue weighted by Gasteiger charge is -2.05. The molecule has 0 aliphatic heterocycles. The minimum absolute atomic E-state index is 0.307. The van der Waals surface area contributed by atoms with Gasteiger partial charge in [0.15, 0.2) is 0 Å². The van der Waals surface area contributed by atoms with Crippen molar-refractivity contribution in [3.63, 3.8) is 0 Å². The first kappa shape index (κ1) is 13.7. The van der Waals surface area contributed by atoms with Crippen LogP contribution in [-0.2, 0) is 6.42 Å². The Bertz CT molecular complexity index is 477. The first-order valence-corrected chi connectivity index (χ1v) is 6.79. The van der Waals surface area contributed by atoms with Gasteiger partial charge in [-0.05, 0) is 48.1 Å². The molecule has 0 fully saturated rings. The third kappa shape index (κ3) is 3.07. The number of aryl methyl sites for hydroxylation is 2. The van der Waals surface area contributed by atoms with Gasteiger partial charge in [0.05, 0.1) is 5.69 Å². The molecular weight excluding hydrogens is 230 g/mol. The standard InChI is InChI=1S/C12H13NOS.C2H6/c1-3-9-4-5-11(14)10(6-9)12-8(2)7-15-13-12;1-2/h4-7,14H,3H2,1-2H3;1-2H3. The van der Waals surface area contributed by atoms with Gasteiger partial charge < -0.3 is 5.11 Å². The van der Waals surface area contributed by atoms with E-state index in [2.05, 4.69) is 11.3 Å². The maximum Gasteiger partial charge on any atom is 0.125 e. The van der Waals surface area contributed by atoms with Crippen LogP contribution in [0.15, 0.2) is 23.6 Å². The molecule has 17 heavy (non-hydrogen) atoms. The van der Waals surface area contributed by atoms with Crippen molar-refractivity contribution in [1.82, 2.24) is 4.37 Å². The van der Waals surface area contributed by atoms with Gasteiger partial charge in [-0.1, -0.05) is 26.8 Å². The second kappa shape index (κ2) is 6.40. The van der Waals surface area contributed by atoms with Crippen LogP contribution in [0.1, 0.15) is 31.9 Å². The number of nitrogens with zero attached hydrogens (tertiary/aromatic N) is 1. The summed E-state index contributed by atoms with van der Waals surface area (Å²) in [6, 6.07) is 5.70. The Balaban J connectivity index is 0.000000686. The maximum atomic E-state index is 9.79. The van der Waals surface area contributed by atoms with Gasteiger partial charge in [0.1, 0.15) is 5.75 Å². The molecule has 0 atom stereocenters. The van der Waals surface area contributed by atoms with Gasteiger partial charge >= 0.3 is 0 Å². The van der Waals surface area contributed by atoms with Crippen LogP contribution in [0.2, 0.25) is 0 Å². The highest BCUT2D eigenvalue weighted by Crippen LogP contribution is 2.32. The van der Waals surface area contributed by atoms with Crippen molar-refractivity contribution in [2.75, 3.05) is 0 Å². The number of phenolic OH excluding ortho intramolecular Hbond substituents is 1. The summed E-state index contributed by atoms with van der Waals surface area (Å²) >= 11 is 1.42. The Kier molecular flexibility index (Phi) is 5.16. The highest BCUT2D eigenvalue weighted by Gasteiger charge is 2.10. The summed E-state index contributed by atoms with van der Waals surface area (Å²) in [7, 11) is 0. The average molecular weight is 249 g/mol. The molecule has 1 aromatic heterocycles. The van der Waals surface area contributed by atoms with Crippen LogP contribution in [0.5, 0.6) is 5.75 Å². The molecule has 0 spiro atoms. The van der Waals surface area contributed by atoms with Crippen LogP contribution in [0.25, 0.3) is 11.3 Å². The van der Waals surface area contributed by atoms with Gasteiger partial charge in [0, 0.05) is 10.9 Å². The molecule has 1 aromatic carbocycles. The lowest BCUT2D eigenvalue weighted by atomic mass is 10.0. The number of aromatic hydroxyl groups is 1. The van der Waals surface area contributed by atoms with E-state index in [4.69, 9.17) is 0 Å². The van der Waals surface area contributed by atoms with Gasteiger partial charge in [-0.15, -0.1) is 0 Å². The van der Waals surface area contributed by atoms with Gasteiger partial charge in [0.25, 0.3) is 0 Å². The Hall–Kier alpha value is -1.35. The van der Waals surface area contributed by atoms with E-state index in [1.807, 2.05) is 38.3 Å². The molecule has 2 rings (SSSR count). The third-order valence-electron chi connectivity index (χ3n) is 2.47. The molecule has 3 heteroatoms. The average Bonchev–Trinajstić information content (AvgIpc) is 2.79. The van der Waals surface area contributed by atoms with E-state index in [9.17, 15) is 5.11 Å². The molecule has 1 N–H and O–H groups in total. The summed E-state index contributed by atoms with van der Waals surface area (Å²) in [5.41, 5.74) is 4.07. The van der Waals surface area contributed by atoms with Gasteiger partial charge in [0.2, 0.25) is 0 Å². The first-order valence-electron chi connectivity index (χ1n) is 5.95. The van der Waals surface area contributed by atoms with Crippen LogP contribution in [-0.4, -0.2) is 9.48 Å². The van der Waals surface area contributed by atoms with Crippen LogP contribution in [0.3, 0.4) is 0 Å². The fraction of sp³-hybridized carbons (Fsp3) is 0.357. The molecule has 0 aliphatic carbocycles. The van der Waals surface area contributed by atoms with Crippen LogP contribution >= 0.6 is 11.5 Å². The molecule has 0 saturated heterocycles. The molecule has 0 radical (unpaired) electrons. The van der Waals surface area contributed by atoms with E-state index < -0.39 is 0 Å². The largest absolute Gasteiger partial charge is 0.507 e. The second-order valence-corrected chi connectivity index (χ2v) is 4.18. The minimum Gasteiger partial charge on any atom is -0.507 e. The molecule has 1 heterocycles. The summed E-state index contributed by atoms with van der Waals surface area (Å²) in [4.78, 5) is 0. The second-order valence-electron chi connectivity index (χ2n) is 3.55. The Morgan fingerprint density at radius 3 is 2.53 bits per heavy atom. The van der Waals surface area contributed by atoms with E-state index in [0.29, 0.717) is 5.75 Å². The smallest absolute Gasteiger partial charge is 0.125 e. The van der Waals surface area contributed by atoms with Crippen molar-refractivity contribution in [2.45, 2.75) is 34.1 Å². The molecule has 0 amide bonds. The molecular formula is C14H19NOS. The summed E-state index contributed by atoms with van der Waals surface area (Å²) in [5, 5.41) is 11.8. The molecule has 0 aliphatic rings. The molecule has 0 bridgehead atoms. The minimum atomic E-state index is 0.307. The molecule has 92 valence electrons. The fourth-order valence-electron chi connectivity index (χ4n) is 1.54. The Morgan fingerprint density at radius 2 is 2.00 bits per heavy atom. The SMILES string of the molecule is CC.CCc1ccc(O)c(-c2nscc2C)c1. The molecule has 2 aromatic rings. The van der Waals surface area contributed by atoms with Gasteiger partial charge in [-0.2, -0.15) is 4.37 Å². The van der Waals surface area contributed by atoms with Crippen molar-refractivity contribution in [2.24, 2.45) is 0 Å². The zero-order valence-electron chi connectivity index (χ0n) is 10.8. The number of aromatic nitrogens is 1. The zero-order chi connectivity index (χ0) is 12.8. The zero-order valence-corrected chi connectivity index (χ0v) is 11.6.